The Kier molecular flexibility index (Phi) is 2.06. The van der Waals surface area contributed by atoms with E-state index in [0.717, 1.165) is 0 Å². The Balaban J connectivity index is 3.09. The Morgan fingerprint density at radius 2 is 2.00 bits per heavy atom. The predicted molar refractivity (Wildman–Crippen MR) is 40.2 cm³/mol. The first-order chi connectivity index (χ1) is 5.24. The zero-order valence-electron chi connectivity index (χ0n) is 6.02. The van der Waals surface area contributed by atoms with E-state index in [-0.39, 0.29) is 11.5 Å². The largest absolute Gasteiger partial charge is 0.508 e. The van der Waals surface area contributed by atoms with E-state index in [1.807, 2.05) is 0 Å². The molecule has 0 bridgehead atoms. The molecule has 2 N–H and O–H groups in total. The van der Waals surface area contributed by atoms with Crippen molar-refractivity contribution in [3.8, 4) is 11.5 Å². The number of rotatable bonds is 1. The van der Waals surface area contributed by atoms with Gasteiger partial charge in [-0.1, -0.05) is 0 Å². The number of nitrogens with zero attached hydrogens (tertiary/aromatic N) is 2. The topological polar surface area (TPSA) is 65.2 Å². The molecule has 11 heavy (non-hydrogen) atoms. The first-order valence-electron chi connectivity index (χ1n) is 3.06. The summed E-state index contributed by atoms with van der Waals surface area (Å²) in [6.45, 7) is 0. The van der Waals surface area contributed by atoms with Crippen LogP contribution >= 0.6 is 0 Å². The van der Waals surface area contributed by atoms with Crippen molar-refractivity contribution in [1.82, 2.24) is 0 Å². The van der Waals surface area contributed by atoms with E-state index in [0.29, 0.717) is 5.69 Å². The lowest BCUT2D eigenvalue weighted by molar-refractivity contribution is 0.451. The van der Waals surface area contributed by atoms with Crippen LogP contribution in [0.2, 0.25) is 0 Å². The van der Waals surface area contributed by atoms with Crippen LogP contribution in [0.15, 0.2) is 28.4 Å². The van der Waals surface area contributed by atoms with E-state index in [9.17, 15) is 0 Å². The van der Waals surface area contributed by atoms with Crippen LogP contribution in [0, 0.1) is 0 Å². The summed E-state index contributed by atoms with van der Waals surface area (Å²) in [6.07, 6.45) is 0. The first-order valence-corrected chi connectivity index (χ1v) is 3.06. The van der Waals surface area contributed by atoms with Crippen LogP contribution in [0.25, 0.3) is 0 Å². The van der Waals surface area contributed by atoms with Crippen molar-refractivity contribution in [3.63, 3.8) is 0 Å². The normalized spacial score (nSPS) is 10.6. The Morgan fingerprint density at radius 3 is 2.55 bits per heavy atom. The second-order valence-corrected chi connectivity index (χ2v) is 1.97. The highest BCUT2D eigenvalue weighted by Gasteiger charge is 1.98. The number of phenols is 2. The number of hydrogen-bond acceptors (Lipinski definition) is 4. The van der Waals surface area contributed by atoms with Crippen molar-refractivity contribution < 1.29 is 10.2 Å². The van der Waals surface area contributed by atoms with E-state index in [4.69, 9.17) is 10.2 Å². The highest BCUT2D eigenvalue weighted by molar-refractivity contribution is 5.53. The molecule has 4 heteroatoms. The van der Waals surface area contributed by atoms with Gasteiger partial charge in [0.2, 0.25) is 0 Å². The quantitative estimate of drug-likeness (QED) is 0.602. The molecule has 1 aromatic carbocycles. The molecule has 0 aromatic heterocycles. The van der Waals surface area contributed by atoms with Crippen molar-refractivity contribution in [2.24, 2.45) is 10.2 Å². The zero-order valence-corrected chi connectivity index (χ0v) is 6.02. The van der Waals surface area contributed by atoms with Gasteiger partial charge in [-0.25, -0.2) is 0 Å². The third-order valence-electron chi connectivity index (χ3n) is 1.17. The van der Waals surface area contributed by atoms with Crippen LogP contribution in [0.3, 0.4) is 0 Å². The third kappa shape index (κ3) is 1.67. The molecular formula is C7H8N2O2. The maximum absolute atomic E-state index is 9.11. The van der Waals surface area contributed by atoms with Gasteiger partial charge in [0.1, 0.15) is 17.2 Å². The lowest BCUT2D eigenvalue weighted by atomic mass is 10.3. The first kappa shape index (κ1) is 7.53. The van der Waals surface area contributed by atoms with E-state index in [1.54, 1.807) is 0 Å². The van der Waals surface area contributed by atoms with Crippen molar-refractivity contribution in [3.05, 3.63) is 18.2 Å². The molecule has 0 saturated carbocycles. The molecule has 0 aliphatic carbocycles. The molecular weight excluding hydrogens is 144 g/mol. The van der Waals surface area contributed by atoms with Crippen LogP contribution in [0.4, 0.5) is 5.69 Å². The number of phenolic OH excluding ortho intramolecular Hbond substituents is 2. The summed E-state index contributed by atoms with van der Waals surface area (Å²) in [4.78, 5) is 0. The molecule has 1 aromatic rings. The van der Waals surface area contributed by atoms with Gasteiger partial charge in [0.05, 0.1) is 0 Å². The van der Waals surface area contributed by atoms with Gasteiger partial charge < -0.3 is 10.2 Å². The average Bonchev–Trinajstić information content (AvgIpc) is 1.95. The molecule has 0 aliphatic heterocycles. The van der Waals surface area contributed by atoms with Crippen molar-refractivity contribution in [1.29, 1.82) is 0 Å². The maximum atomic E-state index is 9.11. The smallest absolute Gasteiger partial charge is 0.146 e. The lowest BCUT2D eigenvalue weighted by Crippen LogP contribution is -1.67. The van der Waals surface area contributed by atoms with Crippen molar-refractivity contribution in [2.75, 3.05) is 7.05 Å². The van der Waals surface area contributed by atoms with Gasteiger partial charge in [-0.15, -0.1) is 0 Å². The molecule has 0 fully saturated rings. The molecule has 0 amide bonds. The number of aromatic hydroxyl groups is 2. The van der Waals surface area contributed by atoms with E-state index >= 15 is 0 Å². The summed E-state index contributed by atoms with van der Waals surface area (Å²) in [5, 5.41) is 25.1. The number of azo groups is 1. The van der Waals surface area contributed by atoms with Crippen LogP contribution in [-0.4, -0.2) is 17.3 Å². The minimum Gasteiger partial charge on any atom is -0.508 e. The van der Waals surface area contributed by atoms with Crippen LogP contribution < -0.4 is 0 Å². The molecule has 0 unspecified atom stereocenters. The second kappa shape index (κ2) is 3.01. The van der Waals surface area contributed by atoms with Crippen molar-refractivity contribution >= 4 is 5.69 Å². The van der Waals surface area contributed by atoms with Gasteiger partial charge in [0, 0.05) is 13.1 Å². The van der Waals surface area contributed by atoms with E-state index in [1.165, 1.54) is 25.2 Å². The van der Waals surface area contributed by atoms with Crippen LogP contribution in [-0.2, 0) is 0 Å². The van der Waals surface area contributed by atoms with Crippen LogP contribution in [0.5, 0.6) is 11.5 Å². The highest BCUT2D eigenvalue weighted by Crippen LogP contribution is 2.29. The fourth-order valence-corrected chi connectivity index (χ4v) is 0.704. The fourth-order valence-electron chi connectivity index (χ4n) is 0.704. The molecule has 0 saturated heterocycles. The minimum atomic E-state index is -0.0735. The minimum absolute atomic E-state index is 0.0116. The lowest BCUT2D eigenvalue weighted by Gasteiger charge is -1.96. The molecule has 0 aliphatic rings. The van der Waals surface area contributed by atoms with Gasteiger partial charge >= 0.3 is 0 Å². The Bertz CT molecular complexity index is 284. The van der Waals surface area contributed by atoms with E-state index in [2.05, 4.69) is 10.2 Å². The average molecular weight is 152 g/mol. The fraction of sp³-hybridized carbons (Fsp3) is 0.143. The molecule has 1 rings (SSSR count). The third-order valence-corrected chi connectivity index (χ3v) is 1.17. The highest BCUT2D eigenvalue weighted by atomic mass is 16.3. The Hall–Kier alpha value is -1.58. The zero-order chi connectivity index (χ0) is 8.27. The van der Waals surface area contributed by atoms with Gasteiger partial charge in [0.15, 0.2) is 0 Å². The monoisotopic (exact) mass is 152 g/mol. The van der Waals surface area contributed by atoms with Gasteiger partial charge in [-0.3, -0.25) is 0 Å². The van der Waals surface area contributed by atoms with Crippen LogP contribution in [0.1, 0.15) is 0 Å². The summed E-state index contributed by atoms with van der Waals surface area (Å²) < 4.78 is 0. The maximum Gasteiger partial charge on any atom is 0.146 e. The summed E-state index contributed by atoms with van der Waals surface area (Å²) >= 11 is 0. The Morgan fingerprint density at radius 1 is 1.27 bits per heavy atom. The predicted octanol–water partition coefficient (Wildman–Crippen LogP) is 1.81. The molecule has 0 radical (unpaired) electrons. The summed E-state index contributed by atoms with van der Waals surface area (Å²) in [7, 11) is 1.51. The Labute approximate surface area is 63.8 Å². The molecule has 0 heterocycles. The van der Waals surface area contributed by atoms with Crippen molar-refractivity contribution in [2.45, 2.75) is 0 Å². The molecule has 58 valence electrons. The molecule has 0 atom stereocenters. The van der Waals surface area contributed by atoms with Gasteiger partial charge in [-0.05, 0) is 12.1 Å². The number of benzene rings is 1. The van der Waals surface area contributed by atoms with Gasteiger partial charge in [0.25, 0.3) is 0 Å². The summed E-state index contributed by atoms with van der Waals surface area (Å²) in [5.74, 6) is -0.0619. The molecule has 0 spiro atoms. The molecule has 4 nitrogen and oxygen atoms in total. The summed E-state index contributed by atoms with van der Waals surface area (Å²) in [5.41, 5.74) is 0.352. The van der Waals surface area contributed by atoms with E-state index < -0.39 is 0 Å². The SMILES string of the molecule is CN=Nc1ccc(O)cc1O. The number of hydrogen-bond donors (Lipinski definition) is 2. The second-order valence-electron chi connectivity index (χ2n) is 1.97. The summed E-state index contributed by atoms with van der Waals surface area (Å²) in [6, 6.07) is 4.13. The standard InChI is InChI=1S/C7H8N2O2/c1-8-9-6-3-2-5(10)4-7(6)11/h2-4,10-11H,1H3. The van der Waals surface area contributed by atoms with Gasteiger partial charge in [-0.2, -0.15) is 10.2 Å².